The molecule has 0 fully saturated rings. The van der Waals surface area contributed by atoms with Crippen molar-refractivity contribution in [2.45, 2.75) is 19.9 Å². The molecule has 2 aromatic rings. The lowest BCUT2D eigenvalue weighted by Gasteiger charge is -2.03. The van der Waals surface area contributed by atoms with Gasteiger partial charge in [-0.15, -0.1) is 11.3 Å². The number of rotatable bonds is 4. The third-order valence-corrected chi connectivity index (χ3v) is 3.19. The van der Waals surface area contributed by atoms with Gasteiger partial charge in [0.2, 0.25) is 0 Å². The molecule has 0 saturated heterocycles. The van der Waals surface area contributed by atoms with Crippen molar-refractivity contribution in [1.82, 2.24) is 4.98 Å². The predicted molar refractivity (Wildman–Crippen MR) is 65.2 cm³/mol. The highest BCUT2D eigenvalue weighted by Gasteiger charge is 2.03. The lowest BCUT2D eigenvalue weighted by Crippen LogP contribution is -2.00. The van der Waals surface area contributed by atoms with Gasteiger partial charge in [0.15, 0.2) is 16.8 Å². The lowest BCUT2D eigenvalue weighted by atomic mass is 10.2. The number of hydrogen-bond acceptors (Lipinski definition) is 3. The first kappa shape index (κ1) is 12.0. The van der Waals surface area contributed by atoms with Crippen molar-refractivity contribution in [3.8, 4) is 0 Å². The molecule has 1 aromatic heterocycles. The van der Waals surface area contributed by atoms with Crippen LogP contribution in [0.25, 0.3) is 0 Å². The number of aryl methyl sites for hydroxylation is 1. The van der Waals surface area contributed by atoms with E-state index in [0.29, 0.717) is 12.1 Å². The zero-order chi connectivity index (χ0) is 12.3. The Balaban J connectivity index is 1.99. The van der Waals surface area contributed by atoms with E-state index in [0.717, 1.165) is 23.3 Å². The minimum absolute atomic E-state index is 0.438. The van der Waals surface area contributed by atoms with E-state index in [1.165, 1.54) is 17.4 Å². The van der Waals surface area contributed by atoms with Crippen LogP contribution in [0, 0.1) is 11.6 Å². The van der Waals surface area contributed by atoms with Crippen molar-refractivity contribution in [3.63, 3.8) is 0 Å². The number of nitrogens with zero attached hydrogens (tertiary/aromatic N) is 1. The Morgan fingerprint density at radius 3 is 2.76 bits per heavy atom. The zero-order valence-electron chi connectivity index (χ0n) is 9.34. The first-order valence-electron chi connectivity index (χ1n) is 5.31. The second-order valence-electron chi connectivity index (χ2n) is 3.60. The number of aromatic nitrogens is 1. The summed E-state index contributed by atoms with van der Waals surface area (Å²) in [5.41, 5.74) is 1.72. The molecule has 0 atom stereocenters. The summed E-state index contributed by atoms with van der Waals surface area (Å²) in [6, 6.07) is 3.88. The minimum Gasteiger partial charge on any atom is -0.357 e. The molecule has 0 aliphatic carbocycles. The van der Waals surface area contributed by atoms with Crippen LogP contribution >= 0.6 is 11.3 Å². The highest BCUT2D eigenvalue weighted by molar-refractivity contribution is 7.13. The fourth-order valence-electron chi connectivity index (χ4n) is 1.38. The van der Waals surface area contributed by atoms with Crippen LogP contribution in [-0.4, -0.2) is 4.98 Å². The fraction of sp³-hybridized carbons (Fsp3) is 0.250. The zero-order valence-corrected chi connectivity index (χ0v) is 10.2. The van der Waals surface area contributed by atoms with Gasteiger partial charge in [-0.1, -0.05) is 13.0 Å². The summed E-state index contributed by atoms with van der Waals surface area (Å²) in [7, 11) is 0. The SMILES string of the molecule is CCc1csc(NCc2ccc(F)c(F)c2)n1. The Labute approximate surface area is 102 Å². The molecular weight excluding hydrogens is 242 g/mol. The van der Waals surface area contributed by atoms with Crippen molar-refractivity contribution in [2.24, 2.45) is 0 Å². The van der Waals surface area contributed by atoms with Crippen LogP contribution in [0.4, 0.5) is 13.9 Å². The Morgan fingerprint density at radius 2 is 2.12 bits per heavy atom. The molecule has 90 valence electrons. The average Bonchev–Trinajstić information content (AvgIpc) is 2.79. The molecule has 2 nitrogen and oxygen atoms in total. The van der Waals surface area contributed by atoms with Gasteiger partial charge in [0.1, 0.15) is 0 Å². The third kappa shape index (κ3) is 3.00. The Morgan fingerprint density at radius 1 is 1.29 bits per heavy atom. The van der Waals surface area contributed by atoms with E-state index in [4.69, 9.17) is 0 Å². The van der Waals surface area contributed by atoms with Gasteiger partial charge in [-0.25, -0.2) is 13.8 Å². The normalized spacial score (nSPS) is 10.5. The second kappa shape index (κ2) is 5.23. The molecule has 1 N–H and O–H groups in total. The third-order valence-electron chi connectivity index (χ3n) is 2.34. The number of thiazole rings is 1. The molecular formula is C12H12F2N2S. The van der Waals surface area contributed by atoms with Crippen LogP contribution in [-0.2, 0) is 13.0 Å². The number of halogens is 2. The monoisotopic (exact) mass is 254 g/mol. The Bertz CT molecular complexity index is 511. The van der Waals surface area contributed by atoms with Crippen LogP contribution < -0.4 is 5.32 Å². The van der Waals surface area contributed by atoms with E-state index >= 15 is 0 Å². The highest BCUT2D eigenvalue weighted by atomic mass is 32.1. The molecule has 1 heterocycles. The average molecular weight is 254 g/mol. The highest BCUT2D eigenvalue weighted by Crippen LogP contribution is 2.17. The van der Waals surface area contributed by atoms with E-state index in [-0.39, 0.29) is 0 Å². The largest absolute Gasteiger partial charge is 0.357 e. The molecule has 0 spiro atoms. The summed E-state index contributed by atoms with van der Waals surface area (Å²) in [6.45, 7) is 2.47. The number of nitrogens with one attached hydrogen (secondary N) is 1. The van der Waals surface area contributed by atoms with Gasteiger partial charge in [-0.3, -0.25) is 0 Å². The molecule has 0 bridgehead atoms. The van der Waals surface area contributed by atoms with Crippen LogP contribution in [0.5, 0.6) is 0 Å². The number of benzene rings is 1. The molecule has 1 aromatic carbocycles. The van der Waals surface area contributed by atoms with Gasteiger partial charge in [0, 0.05) is 11.9 Å². The summed E-state index contributed by atoms with van der Waals surface area (Å²) in [4.78, 5) is 4.32. The van der Waals surface area contributed by atoms with E-state index < -0.39 is 11.6 Å². The lowest BCUT2D eigenvalue weighted by molar-refractivity contribution is 0.507. The van der Waals surface area contributed by atoms with Crippen molar-refractivity contribution >= 4 is 16.5 Å². The maximum atomic E-state index is 12.9. The maximum absolute atomic E-state index is 12.9. The minimum atomic E-state index is -0.823. The van der Waals surface area contributed by atoms with E-state index in [1.54, 1.807) is 6.07 Å². The first-order valence-corrected chi connectivity index (χ1v) is 6.19. The molecule has 17 heavy (non-hydrogen) atoms. The summed E-state index contributed by atoms with van der Waals surface area (Å²) in [5.74, 6) is -1.64. The molecule has 0 aliphatic heterocycles. The Hall–Kier alpha value is -1.49. The molecule has 0 amide bonds. The molecule has 0 saturated carbocycles. The molecule has 0 unspecified atom stereocenters. The van der Waals surface area contributed by atoms with Crippen LogP contribution in [0.1, 0.15) is 18.2 Å². The van der Waals surface area contributed by atoms with Crippen molar-refractivity contribution in [1.29, 1.82) is 0 Å². The fourth-order valence-corrected chi connectivity index (χ4v) is 2.17. The Kier molecular flexibility index (Phi) is 3.68. The number of hydrogen-bond donors (Lipinski definition) is 1. The first-order chi connectivity index (χ1) is 8.19. The van der Waals surface area contributed by atoms with Gasteiger partial charge in [-0.2, -0.15) is 0 Å². The summed E-state index contributed by atoms with van der Waals surface area (Å²) in [6.07, 6.45) is 0.892. The molecule has 0 radical (unpaired) electrons. The van der Waals surface area contributed by atoms with E-state index in [9.17, 15) is 8.78 Å². The van der Waals surface area contributed by atoms with Gasteiger partial charge in [-0.05, 0) is 24.1 Å². The van der Waals surface area contributed by atoms with Gasteiger partial charge >= 0.3 is 0 Å². The van der Waals surface area contributed by atoms with Gasteiger partial charge < -0.3 is 5.32 Å². The smallest absolute Gasteiger partial charge is 0.183 e. The quantitative estimate of drug-likeness (QED) is 0.901. The van der Waals surface area contributed by atoms with E-state index in [2.05, 4.69) is 10.3 Å². The predicted octanol–water partition coefficient (Wildman–Crippen LogP) is 3.60. The summed E-state index contributed by atoms with van der Waals surface area (Å²) >= 11 is 1.51. The van der Waals surface area contributed by atoms with Crippen LogP contribution in [0.15, 0.2) is 23.6 Å². The van der Waals surface area contributed by atoms with Crippen molar-refractivity contribution < 1.29 is 8.78 Å². The van der Waals surface area contributed by atoms with Crippen LogP contribution in [0.2, 0.25) is 0 Å². The summed E-state index contributed by atoms with van der Waals surface area (Å²) in [5, 5.41) is 5.86. The van der Waals surface area contributed by atoms with Gasteiger partial charge in [0.05, 0.1) is 5.69 Å². The van der Waals surface area contributed by atoms with Crippen LogP contribution in [0.3, 0.4) is 0 Å². The summed E-state index contributed by atoms with van der Waals surface area (Å²) < 4.78 is 25.7. The molecule has 2 rings (SSSR count). The van der Waals surface area contributed by atoms with E-state index in [1.807, 2.05) is 12.3 Å². The molecule has 0 aliphatic rings. The maximum Gasteiger partial charge on any atom is 0.183 e. The molecule has 5 heteroatoms. The van der Waals surface area contributed by atoms with Crippen molar-refractivity contribution in [3.05, 3.63) is 46.5 Å². The van der Waals surface area contributed by atoms with Crippen molar-refractivity contribution in [2.75, 3.05) is 5.32 Å². The standard InChI is InChI=1S/C12H12F2N2S/c1-2-9-7-17-12(16-9)15-6-8-3-4-10(13)11(14)5-8/h3-5,7H,2,6H2,1H3,(H,15,16). The topological polar surface area (TPSA) is 24.9 Å². The second-order valence-corrected chi connectivity index (χ2v) is 4.46. The van der Waals surface area contributed by atoms with Gasteiger partial charge in [0.25, 0.3) is 0 Å². The number of anilines is 1.